The zero-order valence-corrected chi connectivity index (χ0v) is 48.5. The molecule has 4 rings (SSSR count). The van der Waals surface area contributed by atoms with Gasteiger partial charge in [-0.3, -0.25) is 28.8 Å². The fraction of sp³-hybridized carbons (Fsp3) is 0.700. The molecule has 0 aromatic rings. The van der Waals surface area contributed by atoms with Crippen molar-refractivity contribution in [3.8, 4) is 0 Å². The van der Waals surface area contributed by atoms with E-state index < -0.39 is 89.3 Å². The normalized spacial score (nSPS) is 35.2. The van der Waals surface area contributed by atoms with E-state index in [0.29, 0.717) is 36.8 Å². The van der Waals surface area contributed by atoms with Crippen molar-refractivity contribution in [2.45, 2.75) is 245 Å². The van der Waals surface area contributed by atoms with Gasteiger partial charge in [-0.2, -0.15) is 0 Å². The first kappa shape index (κ1) is 67.6. The summed E-state index contributed by atoms with van der Waals surface area (Å²) in [6.45, 7) is 23.6. The van der Waals surface area contributed by atoms with Crippen molar-refractivity contribution in [2.24, 2.45) is 23.7 Å². The highest BCUT2D eigenvalue weighted by Gasteiger charge is 2.48. The van der Waals surface area contributed by atoms with Gasteiger partial charge in [0, 0.05) is 63.2 Å². The highest BCUT2D eigenvalue weighted by atomic mass is 16.6. The Kier molecular flexibility index (Phi) is 25.7. The molecule has 0 aromatic carbocycles. The quantitative estimate of drug-likeness (QED) is 0.0208. The van der Waals surface area contributed by atoms with E-state index in [9.17, 15) is 59.4 Å². The lowest BCUT2D eigenvalue weighted by Crippen LogP contribution is -2.42. The van der Waals surface area contributed by atoms with Gasteiger partial charge >= 0.3 is 23.9 Å². The SMILES string of the molecule is CCC(=O)[C@@H](C)[C@H]1O[C@@H]1C[C@@](C)(O)/C=C/C=C(\C)[C@H]1OC(=O)CC(=O)CC[C@@](C)(O)[C@@H](OC(C)=O)/C=C/[C@@H]1C.CC[C@H](O)[C@@H](C)[C@H]1O[C@@H]1C[C@@](C)(O)/C=C/C=C(\C)[C@H]1OC(=O)C[C@H](O)CC[C@@](C)(O)[C@@H](OC(C)=O)/C=C/[C@@H]1C. The number of carbonyl (C=O) groups excluding carboxylic acids is 6. The van der Waals surface area contributed by atoms with Crippen molar-refractivity contribution in [3.63, 3.8) is 0 Å². The molecule has 0 saturated carbocycles. The van der Waals surface area contributed by atoms with Crippen LogP contribution in [0.4, 0.5) is 0 Å². The summed E-state index contributed by atoms with van der Waals surface area (Å²) < 4.78 is 33.4. The van der Waals surface area contributed by atoms with Gasteiger partial charge in [0.1, 0.15) is 53.6 Å². The zero-order chi connectivity index (χ0) is 59.1. The zero-order valence-electron chi connectivity index (χ0n) is 48.5. The van der Waals surface area contributed by atoms with Crippen molar-refractivity contribution < 1.29 is 87.8 Å². The number of epoxide rings is 2. The van der Waals surface area contributed by atoms with E-state index in [1.54, 1.807) is 88.5 Å². The van der Waals surface area contributed by atoms with Crippen LogP contribution in [0, 0.1) is 23.7 Å². The van der Waals surface area contributed by atoms with Gasteiger partial charge in [0.25, 0.3) is 0 Å². The monoisotopic (exact) mass is 1100 g/mol. The van der Waals surface area contributed by atoms with Gasteiger partial charge in [-0.05, 0) is 90.5 Å². The Morgan fingerprint density at radius 2 is 1.19 bits per heavy atom. The van der Waals surface area contributed by atoms with Crippen molar-refractivity contribution in [1.82, 2.24) is 0 Å². The van der Waals surface area contributed by atoms with E-state index in [2.05, 4.69) is 0 Å². The molecule has 6 N–H and O–H groups in total. The van der Waals surface area contributed by atoms with Crippen molar-refractivity contribution >= 4 is 35.4 Å². The van der Waals surface area contributed by atoms with Crippen molar-refractivity contribution in [2.75, 3.05) is 0 Å². The van der Waals surface area contributed by atoms with E-state index in [-0.39, 0.29) is 91.8 Å². The number of allylic oxidation sites excluding steroid dienone is 4. The number of Topliss-reactive ketones (excluding diaryl/α,β-unsaturated/α-hetero) is 2. The van der Waals surface area contributed by atoms with Gasteiger partial charge in [-0.15, -0.1) is 0 Å². The molecule has 4 aliphatic rings. The van der Waals surface area contributed by atoms with Crippen LogP contribution >= 0.6 is 0 Å². The Hall–Kier alpha value is -4.66. The van der Waals surface area contributed by atoms with Crippen LogP contribution in [-0.4, -0.2) is 150 Å². The van der Waals surface area contributed by atoms with Gasteiger partial charge in [0.05, 0.1) is 54.2 Å². The molecular formula is C60H92O18. The number of carbonyl (C=O) groups is 6. The number of ether oxygens (including phenoxy) is 6. The van der Waals surface area contributed by atoms with Crippen LogP contribution in [0.25, 0.3) is 0 Å². The topological polar surface area (TPSA) is 286 Å². The highest BCUT2D eigenvalue weighted by molar-refractivity contribution is 5.95. The molecule has 0 radical (unpaired) electrons. The summed E-state index contributed by atoms with van der Waals surface area (Å²) in [6.07, 6.45) is 12.7. The molecule has 440 valence electrons. The minimum absolute atomic E-state index is 0.00472. The van der Waals surface area contributed by atoms with Crippen LogP contribution in [0.3, 0.4) is 0 Å². The third-order valence-corrected chi connectivity index (χ3v) is 15.0. The third-order valence-electron chi connectivity index (χ3n) is 15.0. The van der Waals surface area contributed by atoms with Crippen LogP contribution in [0.1, 0.15) is 161 Å². The predicted octanol–water partition coefficient (Wildman–Crippen LogP) is 6.69. The van der Waals surface area contributed by atoms with Gasteiger partial charge in [0.2, 0.25) is 0 Å². The van der Waals surface area contributed by atoms with Gasteiger partial charge in [-0.25, -0.2) is 0 Å². The Morgan fingerprint density at radius 3 is 1.65 bits per heavy atom. The molecule has 78 heavy (non-hydrogen) atoms. The summed E-state index contributed by atoms with van der Waals surface area (Å²) >= 11 is 0. The smallest absolute Gasteiger partial charge is 0.313 e. The molecular weight excluding hydrogens is 1010 g/mol. The molecule has 2 fully saturated rings. The molecule has 0 aliphatic carbocycles. The molecule has 18 nitrogen and oxygen atoms in total. The van der Waals surface area contributed by atoms with Crippen LogP contribution in [0.15, 0.2) is 71.9 Å². The van der Waals surface area contributed by atoms with Gasteiger partial charge in [0.15, 0.2) is 0 Å². The minimum Gasteiger partial charge on any atom is -0.457 e. The molecule has 0 spiro atoms. The lowest BCUT2D eigenvalue weighted by atomic mass is 9.88. The summed E-state index contributed by atoms with van der Waals surface area (Å²) in [7, 11) is 0. The van der Waals surface area contributed by atoms with E-state index in [1.807, 2.05) is 41.5 Å². The summed E-state index contributed by atoms with van der Waals surface area (Å²) in [6, 6.07) is 0. The van der Waals surface area contributed by atoms with E-state index >= 15 is 0 Å². The number of aliphatic hydroxyl groups is 6. The lowest BCUT2D eigenvalue weighted by Gasteiger charge is -2.32. The fourth-order valence-electron chi connectivity index (χ4n) is 9.74. The van der Waals surface area contributed by atoms with Crippen LogP contribution in [-0.2, 0) is 57.2 Å². The second kappa shape index (κ2) is 29.7. The van der Waals surface area contributed by atoms with Gasteiger partial charge in [-0.1, -0.05) is 90.2 Å². The maximum atomic E-state index is 12.6. The molecule has 0 unspecified atom stereocenters. The standard InChI is InChI=1S/C30H48O9.C30H44O9/c2*1-8-23(33)20(4)28-24(38-28)17-29(6,35)14-9-10-18(2)27-19(3)11-12-25(37-21(5)31)30(7,36)15-13-22(32)16-26(34)39-27/h9-12,14,19-20,22-25,27-28,32-33,35-36H,8,13,15-17H2,1-7H3;9-12,14,19-20,24-25,27-28,35-36H,8,13,15-17H2,1-7H3/b2*12-11+,14-9+,18-10+/t19-,20+,22+,23-,24+,25-,27+,28+,29-,30+;19-,20+,24+,25-,27+,28+,29-,30+/m00/s1. The van der Waals surface area contributed by atoms with E-state index in [1.165, 1.54) is 27.7 Å². The first-order chi connectivity index (χ1) is 36.1. The minimum atomic E-state index is -1.50. The fourth-order valence-corrected chi connectivity index (χ4v) is 9.74. The van der Waals surface area contributed by atoms with Crippen molar-refractivity contribution in [3.05, 3.63) is 71.9 Å². The number of hydrogen-bond acceptors (Lipinski definition) is 18. The number of hydrogen-bond donors (Lipinski definition) is 6. The molecule has 4 aliphatic heterocycles. The highest BCUT2D eigenvalue weighted by Crippen LogP contribution is 2.39. The van der Waals surface area contributed by atoms with Crippen LogP contribution in [0.5, 0.6) is 0 Å². The van der Waals surface area contributed by atoms with E-state index in [0.717, 1.165) is 0 Å². The molecule has 18 heteroatoms. The van der Waals surface area contributed by atoms with E-state index in [4.69, 9.17) is 28.4 Å². The number of aliphatic hydroxyl groups excluding tert-OH is 2. The molecule has 0 bridgehead atoms. The second-order valence-electron chi connectivity index (χ2n) is 23.1. The molecule has 4 heterocycles. The first-order valence-electron chi connectivity index (χ1n) is 27.5. The average molecular weight is 1100 g/mol. The Balaban J connectivity index is 0.000000410. The number of rotatable bonds is 18. The number of esters is 4. The summed E-state index contributed by atoms with van der Waals surface area (Å²) in [5, 5.41) is 64.0. The predicted molar refractivity (Wildman–Crippen MR) is 291 cm³/mol. The second-order valence-corrected chi connectivity index (χ2v) is 23.1. The van der Waals surface area contributed by atoms with Crippen molar-refractivity contribution in [1.29, 1.82) is 0 Å². The summed E-state index contributed by atoms with van der Waals surface area (Å²) in [4.78, 5) is 72.7. The maximum absolute atomic E-state index is 12.6. The Labute approximate surface area is 462 Å². The Morgan fingerprint density at radius 1 is 0.744 bits per heavy atom. The number of cyclic esters (lactones) is 2. The summed E-state index contributed by atoms with van der Waals surface area (Å²) in [5.74, 6) is -3.54. The maximum Gasteiger partial charge on any atom is 0.313 e. The van der Waals surface area contributed by atoms with Crippen LogP contribution < -0.4 is 0 Å². The molecule has 2 saturated heterocycles. The number of ketones is 2. The Bertz CT molecular complexity index is 2230. The third kappa shape index (κ3) is 22.5. The lowest BCUT2D eigenvalue weighted by molar-refractivity contribution is -0.158. The summed E-state index contributed by atoms with van der Waals surface area (Å²) in [5.41, 5.74) is -3.90. The molecule has 0 amide bonds. The average Bonchev–Trinajstić information content (AvgIpc) is 4.28. The van der Waals surface area contributed by atoms with Crippen LogP contribution in [0.2, 0.25) is 0 Å². The largest absolute Gasteiger partial charge is 0.457 e. The van der Waals surface area contributed by atoms with Gasteiger partial charge < -0.3 is 59.1 Å². The molecule has 18 atom stereocenters. The first-order valence-corrected chi connectivity index (χ1v) is 27.5. The molecule has 0 aromatic heterocycles.